The standard InChI is InChI=1S/C11H15N3.ClH/c12-6-2-5-11(14)10-4-1-3-9(7-10)8-13;/h1,3-4,7,11H,2,5-6,12,14H2;1H/t11-;/m0./s1. The lowest BCUT2D eigenvalue weighted by Gasteiger charge is -2.11. The molecule has 0 aliphatic rings. The van der Waals surface area contributed by atoms with Crippen LogP contribution in [0.4, 0.5) is 0 Å². The van der Waals surface area contributed by atoms with Crippen LogP contribution in [0.25, 0.3) is 0 Å². The molecule has 0 amide bonds. The Morgan fingerprint density at radius 1 is 1.40 bits per heavy atom. The third kappa shape index (κ3) is 4.30. The van der Waals surface area contributed by atoms with Gasteiger partial charge >= 0.3 is 0 Å². The summed E-state index contributed by atoms with van der Waals surface area (Å²) in [6.07, 6.45) is 1.78. The minimum atomic E-state index is -0.00755. The summed E-state index contributed by atoms with van der Waals surface area (Å²) in [6, 6.07) is 9.51. The van der Waals surface area contributed by atoms with Crippen molar-refractivity contribution in [3.8, 4) is 6.07 Å². The smallest absolute Gasteiger partial charge is 0.0991 e. The maximum Gasteiger partial charge on any atom is 0.0991 e. The lowest BCUT2D eigenvalue weighted by molar-refractivity contribution is 0.618. The molecule has 3 nitrogen and oxygen atoms in total. The number of nitrogens with two attached hydrogens (primary N) is 2. The molecule has 1 atom stereocenters. The zero-order valence-electron chi connectivity index (χ0n) is 8.52. The minimum Gasteiger partial charge on any atom is -0.330 e. The Hall–Kier alpha value is -1.08. The van der Waals surface area contributed by atoms with Gasteiger partial charge in [0.05, 0.1) is 11.6 Å². The van der Waals surface area contributed by atoms with E-state index in [0.29, 0.717) is 12.1 Å². The number of hydrogen-bond donors (Lipinski definition) is 2. The van der Waals surface area contributed by atoms with Crippen LogP contribution in [-0.2, 0) is 0 Å². The lowest BCUT2D eigenvalue weighted by atomic mass is 10.0. The van der Waals surface area contributed by atoms with Crippen LogP contribution in [0.3, 0.4) is 0 Å². The molecule has 4 N–H and O–H groups in total. The van der Waals surface area contributed by atoms with Gasteiger partial charge in [0.15, 0.2) is 0 Å². The highest BCUT2D eigenvalue weighted by molar-refractivity contribution is 5.85. The van der Waals surface area contributed by atoms with E-state index in [1.807, 2.05) is 18.2 Å². The van der Waals surface area contributed by atoms with Gasteiger partial charge in [0.25, 0.3) is 0 Å². The van der Waals surface area contributed by atoms with E-state index in [-0.39, 0.29) is 18.4 Å². The van der Waals surface area contributed by atoms with E-state index >= 15 is 0 Å². The molecule has 1 aromatic carbocycles. The lowest BCUT2D eigenvalue weighted by Crippen LogP contribution is -2.12. The van der Waals surface area contributed by atoms with E-state index in [1.165, 1.54) is 0 Å². The highest BCUT2D eigenvalue weighted by atomic mass is 35.5. The first-order valence-corrected chi connectivity index (χ1v) is 4.73. The summed E-state index contributed by atoms with van der Waals surface area (Å²) in [5, 5.41) is 8.71. The van der Waals surface area contributed by atoms with Crippen molar-refractivity contribution in [1.29, 1.82) is 5.26 Å². The second-order valence-corrected chi connectivity index (χ2v) is 3.27. The quantitative estimate of drug-likeness (QED) is 0.819. The molecule has 4 heteroatoms. The molecule has 15 heavy (non-hydrogen) atoms. The average molecular weight is 226 g/mol. The number of halogens is 1. The molecule has 0 aliphatic heterocycles. The maximum atomic E-state index is 8.71. The van der Waals surface area contributed by atoms with Crippen molar-refractivity contribution >= 4 is 12.4 Å². The van der Waals surface area contributed by atoms with Gasteiger partial charge in [-0.25, -0.2) is 0 Å². The maximum absolute atomic E-state index is 8.71. The molecule has 1 aromatic rings. The first-order valence-electron chi connectivity index (χ1n) is 4.73. The van der Waals surface area contributed by atoms with Crippen LogP contribution in [0, 0.1) is 11.3 Å². The van der Waals surface area contributed by atoms with Gasteiger partial charge in [-0.15, -0.1) is 12.4 Å². The third-order valence-electron chi connectivity index (χ3n) is 2.16. The number of rotatable bonds is 4. The molecule has 0 heterocycles. The van der Waals surface area contributed by atoms with Crippen molar-refractivity contribution in [3.05, 3.63) is 35.4 Å². The molecule has 0 spiro atoms. The fourth-order valence-electron chi connectivity index (χ4n) is 1.34. The van der Waals surface area contributed by atoms with Gasteiger partial charge < -0.3 is 11.5 Å². The first kappa shape index (κ1) is 13.9. The Morgan fingerprint density at radius 2 is 2.13 bits per heavy atom. The zero-order chi connectivity index (χ0) is 10.4. The van der Waals surface area contributed by atoms with Crippen LogP contribution < -0.4 is 11.5 Å². The predicted octanol–water partition coefficient (Wildman–Crippen LogP) is 1.72. The second-order valence-electron chi connectivity index (χ2n) is 3.27. The Bertz CT molecular complexity index is 333. The molecule has 0 aromatic heterocycles. The highest BCUT2D eigenvalue weighted by Gasteiger charge is 2.05. The van der Waals surface area contributed by atoms with Crippen LogP contribution in [-0.4, -0.2) is 6.54 Å². The van der Waals surface area contributed by atoms with E-state index in [2.05, 4.69) is 6.07 Å². The second kappa shape index (κ2) is 7.24. The summed E-state index contributed by atoms with van der Waals surface area (Å²) in [5.74, 6) is 0. The molecule has 0 aliphatic carbocycles. The monoisotopic (exact) mass is 225 g/mol. The molecular weight excluding hydrogens is 210 g/mol. The highest BCUT2D eigenvalue weighted by Crippen LogP contribution is 2.16. The topological polar surface area (TPSA) is 75.8 Å². The molecule has 0 unspecified atom stereocenters. The van der Waals surface area contributed by atoms with Crippen molar-refractivity contribution in [1.82, 2.24) is 0 Å². The molecule has 0 bridgehead atoms. The molecular formula is C11H16ClN3. The Morgan fingerprint density at radius 3 is 2.73 bits per heavy atom. The molecule has 82 valence electrons. The fourth-order valence-corrected chi connectivity index (χ4v) is 1.34. The Labute approximate surface area is 96.5 Å². The third-order valence-corrected chi connectivity index (χ3v) is 2.16. The van der Waals surface area contributed by atoms with Crippen LogP contribution in [0.15, 0.2) is 24.3 Å². The van der Waals surface area contributed by atoms with E-state index in [0.717, 1.165) is 18.4 Å². The summed E-state index contributed by atoms with van der Waals surface area (Å²) < 4.78 is 0. The minimum absolute atomic E-state index is 0. The first-order chi connectivity index (χ1) is 6.77. The van der Waals surface area contributed by atoms with Crippen molar-refractivity contribution in [2.45, 2.75) is 18.9 Å². The van der Waals surface area contributed by atoms with Crippen LogP contribution in [0.5, 0.6) is 0 Å². The Balaban J connectivity index is 0.00000196. The molecule has 0 fully saturated rings. The van der Waals surface area contributed by atoms with E-state index in [9.17, 15) is 0 Å². The van der Waals surface area contributed by atoms with Crippen molar-refractivity contribution in [2.75, 3.05) is 6.54 Å². The van der Waals surface area contributed by atoms with Crippen molar-refractivity contribution in [3.63, 3.8) is 0 Å². The largest absolute Gasteiger partial charge is 0.330 e. The number of nitrogens with zero attached hydrogens (tertiary/aromatic N) is 1. The van der Waals surface area contributed by atoms with Crippen LogP contribution >= 0.6 is 12.4 Å². The predicted molar refractivity (Wildman–Crippen MR) is 63.6 cm³/mol. The van der Waals surface area contributed by atoms with Gasteiger partial charge in [-0.3, -0.25) is 0 Å². The van der Waals surface area contributed by atoms with Crippen molar-refractivity contribution in [2.24, 2.45) is 11.5 Å². The summed E-state index contributed by atoms with van der Waals surface area (Å²) in [6.45, 7) is 0.658. The molecule has 0 saturated heterocycles. The van der Waals surface area contributed by atoms with Gasteiger partial charge in [-0.2, -0.15) is 5.26 Å². The average Bonchev–Trinajstić information content (AvgIpc) is 2.26. The van der Waals surface area contributed by atoms with E-state index in [4.69, 9.17) is 16.7 Å². The Kier molecular flexibility index (Phi) is 6.72. The SMILES string of the molecule is Cl.N#Cc1cccc([C@@H](N)CCCN)c1. The summed E-state index contributed by atoms with van der Waals surface area (Å²) in [5.41, 5.74) is 13.0. The van der Waals surface area contributed by atoms with Crippen LogP contribution in [0.2, 0.25) is 0 Å². The summed E-state index contributed by atoms with van der Waals surface area (Å²) in [4.78, 5) is 0. The van der Waals surface area contributed by atoms with Gasteiger partial charge in [0, 0.05) is 6.04 Å². The fraction of sp³-hybridized carbons (Fsp3) is 0.364. The number of nitriles is 1. The van der Waals surface area contributed by atoms with Gasteiger partial charge in [-0.05, 0) is 37.1 Å². The number of benzene rings is 1. The molecule has 1 rings (SSSR count). The van der Waals surface area contributed by atoms with Crippen molar-refractivity contribution < 1.29 is 0 Å². The van der Waals surface area contributed by atoms with Gasteiger partial charge in [-0.1, -0.05) is 12.1 Å². The number of hydrogen-bond acceptors (Lipinski definition) is 3. The summed E-state index contributed by atoms with van der Waals surface area (Å²) in [7, 11) is 0. The van der Waals surface area contributed by atoms with E-state index in [1.54, 1.807) is 6.07 Å². The molecule has 0 radical (unpaired) electrons. The van der Waals surface area contributed by atoms with Crippen LogP contribution in [0.1, 0.15) is 30.0 Å². The molecule has 0 saturated carbocycles. The zero-order valence-corrected chi connectivity index (χ0v) is 9.33. The van der Waals surface area contributed by atoms with Gasteiger partial charge in [0.2, 0.25) is 0 Å². The van der Waals surface area contributed by atoms with Gasteiger partial charge in [0.1, 0.15) is 0 Å². The summed E-state index contributed by atoms with van der Waals surface area (Å²) >= 11 is 0. The van der Waals surface area contributed by atoms with E-state index < -0.39 is 0 Å². The normalized spacial score (nSPS) is 11.3.